The SMILES string of the molecule is C=C[C@](F)(c1ccccc1C)C(C#N)(C#N)OCOC. The molecule has 4 nitrogen and oxygen atoms in total. The lowest BCUT2D eigenvalue weighted by Gasteiger charge is -2.33. The summed E-state index contributed by atoms with van der Waals surface area (Å²) in [5.74, 6) is 0. The zero-order valence-corrected chi connectivity index (χ0v) is 11.4. The lowest BCUT2D eigenvalue weighted by molar-refractivity contribution is -0.129. The lowest BCUT2D eigenvalue weighted by Crippen LogP contribution is -2.48. The van der Waals surface area contributed by atoms with Gasteiger partial charge in [0.2, 0.25) is 5.67 Å². The molecule has 1 aromatic rings. The molecule has 0 N–H and O–H groups in total. The van der Waals surface area contributed by atoms with E-state index in [0.717, 1.165) is 6.08 Å². The zero-order valence-electron chi connectivity index (χ0n) is 11.4. The third kappa shape index (κ3) is 2.42. The number of ether oxygens (including phenoxy) is 2. The molecule has 0 saturated carbocycles. The molecule has 0 spiro atoms. The number of nitrogens with zero attached hydrogens (tertiary/aromatic N) is 2. The van der Waals surface area contributed by atoms with Crippen molar-refractivity contribution in [2.24, 2.45) is 0 Å². The molecule has 0 fully saturated rings. The Balaban J connectivity index is 3.48. The molecule has 0 aliphatic rings. The normalized spacial score (nSPS) is 13.8. The third-order valence-corrected chi connectivity index (χ3v) is 3.04. The van der Waals surface area contributed by atoms with Gasteiger partial charge in [0.05, 0.1) is 0 Å². The summed E-state index contributed by atoms with van der Waals surface area (Å²) in [7, 11) is 1.32. The number of aryl methyl sites for hydroxylation is 1. The fourth-order valence-electron chi connectivity index (χ4n) is 1.93. The van der Waals surface area contributed by atoms with E-state index < -0.39 is 11.3 Å². The maximum atomic E-state index is 15.4. The Morgan fingerprint density at radius 3 is 2.40 bits per heavy atom. The second kappa shape index (κ2) is 6.29. The fraction of sp³-hybridized carbons (Fsp3) is 0.333. The van der Waals surface area contributed by atoms with Crippen LogP contribution in [0.15, 0.2) is 36.9 Å². The van der Waals surface area contributed by atoms with Crippen LogP contribution < -0.4 is 0 Å². The summed E-state index contributed by atoms with van der Waals surface area (Å²) in [6.07, 6.45) is 0.914. The number of methoxy groups -OCH3 is 1. The van der Waals surface area contributed by atoms with Gasteiger partial charge in [-0.25, -0.2) is 4.39 Å². The molecule has 0 saturated heterocycles. The summed E-state index contributed by atoms with van der Waals surface area (Å²) < 4.78 is 25.1. The Bertz CT molecular complexity index is 560. The second-order valence-corrected chi connectivity index (χ2v) is 4.19. The van der Waals surface area contributed by atoms with Gasteiger partial charge >= 0.3 is 0 Å². The quantitative estimate of drug-likeness (QED) is 0.591. The molecule has 0 bridgehead atoms. The molecule has 0 aromatic heterocycles. The average Bonchev–Trinajstić information content (AvgIpc) is 2.48. The smallest absolute Gasteiger partial charge is 0.285 e. The van der Waals surface area contributed by atoms with Crippen molar-refractivity contribution in [3.05, 3.63) is 48.0 Å². The van der Waals surface area contributed by atoms with Crippen molar-refractivity contribution in [2.45, 2.75) is 18.2 Å². The Kier molecular flexibility index (Phi) is 4.99. The number of alkyl halides is 1. The molecule has 0 aliphatic heterocycles. The van der Waals surface area contributed by atoms with Gasteiger partial charge in [0, 0.05) is 12.7 Å². The predicted molar refractivity (Wildman–Crippen MR) is 71.1 cm³/mol. The summed E-state index contributed by atoms with van der Waals surface area (Å²) in [5.41, 5.74) is -4.09. The highest BCUT2D eigenvalue weighted by atomic mass is 19.1. The molecule has 0 aliphatic carbocycles. The summed E-state index contributed by atoms with van der Waals surface area (Å²) in [4.78, 5) is 0. The van der Waals surface area contributed by atoms with E-state index in [1.165, 1.54) is 13.2 Å². The van der Waals surface area contributed by atoms with Gasteiger partial charge in [0.25, 0.3) is 5.60 Å². The monoisotopic (exact) mass is 274 g/mol. The number of halogens is 1. The molecule has 5 heteroatoms. The molecule has 0 radical (unpaired) electrons. The molecule has 0 heterocycles. The van der Waals surface area contributed by atoms with Crippen molar-refractivity contribution >= 4 is 0 Å². The topological polar surface area (TPSA) is 66.0 Å². The summed E-state index contributed by atoms with van der Waals surface area (Å²) in [6, 6.07) is 9.75. The number of hydrogen-bond acceptors (Lipinski definition) is 4. The average molecular weight is 274 g/mol. The third-order valence-electron chi connectivity index (χ3n) is 3.04. The number of rotatable bonds is 6. The first-order valence-electron chi connectivity index (χ1n) is 5.85. The van der Waals surface area contributed by atoms with E-state index in [9.17, 15) is 10.5 Å². The van der Waals surface area contributed by atoms with Gasteiger partial charge in [0.15, 0.2) is 0 Å². The van der Waals surface area contributed by atoms with Gasteiger partial charge in [-0.2, -0.15) is 10.5 Å². The van der Waals surface area contributed by atoms with E-state index in [1.807, 2.05) is 0 Å². The molecular formula is C15H15FN2O2. The van der Waals surface area contributed by atoms with Gasteiger partial charge in [-0.1, -0.05) is 30.8 Å². The first kappa shape index (κ1) is 15.8. The van der Waals surface area contributed by atoms with Crippen molar-refractivity contribution in [1.82, 2.24) is 0 Å². The first-order valence-corrected chi connectivity index (χ1v) is 5.85. The van der Waals surface area contributed by atoms with E-state index in [0.29, 0.717) is 5.56 Å². The first-order chi connectivity index (χ1) is 9.51. The Labute approximate surface area is 117 Å². The Morgan fingerprint density at radius 2 is 1.95 bits per heavy atom. The molecule has 1 rings (SSSR count). The fourth-order valence-corrected chi connectivity index (χ4v) is 1.93. The van der Waals surface area contributed by atoms with Crippen molar-refractivity contribution in [2.75, 3.05) is 13.9 Å². The number of nitriles is 2. The van der Waals surface area contributed by atoms with Gasteiger partial charge in [0.1, 0.15) is 18.9 Å². The molecule has 1 aromatic carbocycles. The summed E-state index contributed by atoms with van der Waals surface area (Å²) in [6.45, 7) is 4.72. The van der Waals surface area contributed by atoms with Gasteiger partial charge < -0.3 is 9.47 Å². The van der Waals surface area contributed by atoms with E-state index >= 15 is 4.39 Å². The molecule has 0 unspecified atom stereocenters. The van der Waals surface area contributed by atoms with Crippen LogP contribution in [0.2, 0.25) is 0 Å². The maximum Gasteiger partial charge on any atom is 0.285 e. The number of hydrogen-bond donors (Lipinski definition) is 0. The predicted octanol–water partition coefficient (Wildman–Crippen LogP) is 2.75. The van der Waals surface area contributed by atoms with E-state index in [4.69, 9.17) is 4.74 Å². The van der Waals surface area contributed by atoms with Crippen molar-refractivity contribution < 1.29 is 13.9 Å². The molecule has 20 heavy (non-hydrogen) atoms. The van der Waals surface area contributed by atoms with Crippen molar-refractivity contribution in [1.29, 1.82) is 10.5 Å². The largest absolute Gasteiger partial charge is 0.359 e. The minimum Gasteiger partial charge on any atom is -0.359 e. The molecule has 0 amide bonds. The van der Waals surface area contributed by atoms with Crippen molar-refractivity contribution in [3.8, 4) is 12.1 Å². The number of benzene rings is 1. The highest BCUT2D eigenvalue weighted by Gasteiger charge is 2.55. The lowest BCUT2D eigenvalue weighted by atomic mass is 9.79. The molecule has 104 valence electrons. The van der Waals surface area contributed by atoms with Crippen LogP contribution in [0.3, 0.4) is 0 Å². The molecule has 1 atom stereocenters. The zero-order chi connectivity index (χ0) is 15.2. The Morgan fingerprint density at radius 1 is 1.35 bits per heavy atom. The highest BCUT2D eigenvalue weighted by molar-refractivity contribution is 5.44. The Hall–Kier alpha value is -2.21. The van der Waals surface area contributed by atoms with E-state index in [1.54, 1.807) is 37.3 Å². The van der Waals surface area contributed by atoms with Gasteiger partial charge in [-0.15, -0.1) is 0 Å². The van der Waals surface area contributed by atoms with Crippen molar-refractivity contribution in [3.63, 3.8) is 0 Å². The van der Waals surface area contributed by atoms with Crippen LogP contribution in [0, 0.1) is 29.6 Å². The minimum atomic E-state index is -2.47. The maximum absolute atomic E-state index is 15.4. The van der Waals surface area contributed by atoms with Gasteiger partial charge in [-0.3, -0.25) is 0 Å². The summed E-state index contributed by atoms with van der Waals surface area (Å²) >= 11 is 0. The second-order valence-electron chi connectivity index (χ2n) is 4.19. The van der Waals surface area contributed by atoms with Crippen LogP contribution in [-0.4, -0.2) is 19.5 Å². The molecular weight excluding hydrogens is 259 g/mol. The standard InChI is InChI=1S/C15H15FN2O2/c1-4-15(16,13-8-6-5-7-12(13)2)14(9-17,10-18)20-11-19-3/h4-8H,1,11H2,2-3H3/t15-/m0/s1. The van der Waals surface area contributed by atoms with Crippen LogP contribution >= 0.6 is 0 Å². The van der Waals surface area contributed by atoms with Crippen LogP contribution in [0.25, 0.3) is 0 Å². The minimum absolute atomic E-state index is 0.161. The van der Waals surface area contributed by atoms with Crippen LogP contribution in [-0.2, 0) is 15.1 Å². The summed E-state index contributed by atoms with van der Waals surface area (Å²) in [5, 5.41) is 18.6. The van der Waals surface area contributed by atoms with Gasteiger partial charge in [-0.05, 0) is 18.6 Å². The highest BCUT2D eigenvalue weighted by Crippen LogP contribution is 2.41. The van der Waals surface area contributed by atoms with Crippen LogP contribution in [0.4, 0.5) is 4.39 Å². The van der Waals surface area contributed by atoms with Crippen LogP contribution in [0.5, 0.6) is 0 Å². The van der Waals surface area contributed by atoms with E-state index in [2.05, 4.69) is 11.3 Å². The van der Waals surface area contributed by atoms with E-state index in [-0.39, 0.29) is 12.4 Å². The van der Waals surface area contributed by atoms with Crippen LogP contribution in [0.1, 0.15) is 11.1 Å².